The van der Waals surface area contributed by atoms with Crippen LogP contribution in [0.3, 0.4) is 0 Å². The van der Waals surface area contributed by atoms with Crippen molar-refractivity contribution in [1.29, 1.82) is 0 Å². The van der Waals surface area contributed by atoms with E-state index in [2.05, 4.69) is 10.3 Å². The molecule has 0 aliphatic heterocycles. The van der Waals surface area contributed by atoms with E-state index in [4.69, 9.17) is 9.47 Å². The molecular formula is C27H28N4O5. The van der Waals surface area contributed by atoms with E-state index in [-0.39, 0.29) is 24.5 Å². The monoisotopic (exact) mass is 488 g/mol. The number of carbonyl (C=O) groups excluding carboxylic acids is 1. The Kier molecular flexibility index (Phi) is 7.48. The van der Waals surface area contributed by atoms with Gasteiger partial charge in [0.25, 0.3) is 5.56 Å². The van der Waals surface area contributed by atoms with E-state index in [9.17, 15) is 14.4 Å². The summed E-state index contributed by atoms with van der Waals surface area (Å²) in [4.78, 5) is 43.4. The summed E-state index contributed by atoms with van der Waals surface area (Å²) >= 11 is 0. The summed E-state index contributed by atoms with van der Waals surface area (Å²) in [6.07, 6.45) is 1.89. The van der Waals surface area contributed by atoms with Gasteiger partial charge in [-0.15, -0.1) is 0 Å². The fourth-order valence-corrected chi connectivity index (χ4v) is 3.98. The average Bonchev–Trinajstić information content (AvgIpc) is 2.90. The Morgan fingerprint density at radius 2 is 1.67 bits per heavy atom. The van der Waals surface area contributed by atoms with E-state index >= 15 is 0 Å². The molecule has 0 aliphatic carbocycles. The molecule has 4 rings (SSSR count). The van der Waals surface area contributed by atoms with E-state index in [1.54, 1.807) is 38.5 Å². The molecule has 9 heteroatoms. The zero-order valence-electron chi connectivity index (χ0n) is 20.5. The number of aromatic nitrogens is 3. The van der Waals surface area contributed by atoms with Crippen molar-refractivity contribution in [3.63, 3.8) is 0 Å². The number of aryl methyl sites for hydroxylation is 2. The number of methoxy groups -OCH3 is 2. The second-order valence-electron chi connectivity index (χ2n) is 8.40. The second kappa shape index (κ2) is 10.9. The summed E-state index contributed by atoms with van der Waals surface area (Å²) in [7, 11) is 3.10. The Morgan fingerprint density at radius 3 is 2.39 bits per heavy atom. The van der Waals surface area contributed by atoms with Crippen molar-refractivity contribution in [2.24, 2.45) is 0 Å². The van der Waals surface area contributed by atoms with Crippen LogP contribution in [0.2, 0.25) is 0 Å². The molecule has 0 saturated carbocycles. The summed E-state index contributed by atoms with van der Waals surface area (Å²) in [5.74, 6) is 0.811. The first-order chi connectivity index (χ1) is 17.4. The molecule has 1 amide bonds. The molecule has 186 valence electrons. The number of pyridine rings is 1. The van der Waals surface area contributed by atoms with Crippen LogP contribution in [-0.4, -0.2) is 34.2 Å². The van der Waals surface area contributed by atoms with Crippen molar-refractivity contribution in [3.05, 3.63) is 98.3 Å². The first kappa shape index (κ1) is 24.7. The third-order valence-corrected chi connectivity index (χ3v) is 5.97. The van der Waals surface area contributed by atoms with Crippen LogP contribution in [0, 0.1) is 6.92 Å². The molecule has 2 heterocycles. The van der Waals surface area contributed by atoms with E-state index in [1.165, 1.54) is 10.8 Å². The number of nitrogens with zero attached hydrogens (tertiary/aromatic N) is 3. The quantitative estimate of drug-likeness (QED) is 0.388. The van der Waals surface area contributed by atoms with Crippen LogP contribution in [0.4, 0.5) is 0 Å². The number of hydrogen-bond donors (Lipinski definition) is 1. The highest BCUT2D eigenvalue weighted by Crippen LogP contribution is 2.27. The van der Waals surface area contributed by atoms with Gasteiger partial charge in [0.05, 0.1) is 19.7 Å². The molecule has 0 saturated heterocycles. The van der Waals surface area contributed by atoms with Crippen LogP contribution in [0.5, 0.6) is 11.5 Å². The molecule has 0 aliphatic rings. The number of rotatable bonds is 9. The zero-order valence-corrected chi connectivity index (χ0v) is 20.5. The van der Waals surface area contributed by atoms with E-state index in [1.807, 2.05) is 37.3 Å². The Hall–Kier alpha value is -4.40. The molecule has 2 aromatic heterocycles. The van der Waals surface area contributed by atoms with E-state index in [0.29, 0.717) is 30.0 Å². The van der Waals surface area contributed by atoms with Crippen LogP contribution in [0.15, 0.2) is 70.4 Å². The molecule has 0 spiro atoms. The van der Waals surface area contributed by atoms with Crippen LogP contribution in [0.25, 0.3) is 11.0 Å². The number of ether oxygens (including phenoxy) is 2. The van der Waals surface area contributed by atoms with Gasteiger partial charge < -0.3 is 14.8 Å². The topological polar surface area (TPSA) is 104 Å². The lowest BCUT2D eigenvalue weighted by Crippen LogP contribution is -2.43. The summed E-state index contributed by atoms with van der Waals surface area (Å²) < 4.78 is 13.0. The molecule has 36 heavy (non-hydrogen) atoms. The number of fused-ring (bicyclic) bond motifs is 1. The van der Waals surface area contributed by atoms with Gasteiger partial charge in [-0.1, -0.05) is 35.9 Å². The van der Waals surface area contributed by atoms with Gasteiger partial charge in [-0.2, -0.15) is 0 Å². The zero-order chi connectivity index (χ0) is 25.7. The minimum atomic E-state index is -0.563. The lowest BCUT2D eigenvalue weighted by molar-refractivity contribution is -0.121. The van der Waals surface area contributed by atoms with Crippen LogP contribution < -0.4 is 26.0 Å². The molecular weight excluding hydrogens is 460 g/mol. The SMILES string of the molecule is COc1ccc(CCn2c(=O)c3ncccc3n(CC(=O)NCc3ccc(C)cc3)c2=O)cc1OC. The smallest absolute Gasteiger partial charge is 0.332 e. The predicted octanol–water partition coefficient (Wildman–Crippen LogP) is 2.44. The molecule has 4 aromatic rings. The lowest BCUT2D eigenvalue weighted by Gasteiger charge is -2.14. The van der Waals surface area contributed by atoms with Gasteiger partial charge >= 0.3 is 5.69 Å². The predicted molar refractivity (Wildman–Crippen MR) is 137 cm³/mol. The second-order valence-corrected chi connectivity index (χ2v) is 8.40. The minimum absolute atomic E-state index is 0.116. The van der Waals surface area contributed by atoms with E-state index in [0.717, 1.165) is 21.3 Å². The molecule has 9 nitrogen and oxygen atoms in total. The maximum atomic E-state index is 13.4. The molecule has 2 aromatic carbocycles. The van der Waals surface area contributed by atoms with Gasteiger partial charge in [0.15, 0.2) is 17.0 Å². The maximum Gasteiger partial charge on any atom is 0.332 e. The third kappa shape index (κ3) is 5.30. The fraction of sp³-hybridized carbons (Fsp3) is 0.259. The Bertz CT molecular complexity index is 1510. The molecule has 0 bridgehead atoms. The first-order valence-corrected chi connectivity index (χ1v) is 11.5. The van der Waals surface area contributed by atoms with Crippen molar-refractivity contribution < 1.29 is 14.3 Å². The van der Waals surface area contributed by atoms with Crippen molar-refractivity contribution in [2.75, 3.05) is 14.2 Å². The molecule has 0 fully saturated rings. The van der Waals surface area contributed by atoms with Crippen molar-refractivity contribution in [2.45, 2.75) is 33.0 Å². The van der Waals surface area contributed by atoms with Gasteiger partial charge in [-0.25, -0.2) is 9.78 Å². The average molecular weight is 489 g/mol. The van der Waals surface area contributed by atoms with Gasteiger partial charge in [0, 0.05) is 19.3 Å². The largest absolute Gasteiger partial charge is 0.493 e. The Balaban J connectivity index is 1.60. The summed E-state index contributed by atoms with van der Waals surface area (Å²) in [5, 5.41) is 2.84. The number of benzene rings is 2. The molecule has 0 unspecified atom stereocenters. The fourth-order valence-electron chi connectivity index (χ4n) is 3.98. The van der Waals surface area contributed by atoms with Crippen molar-refractivity contribution in [3.8, 4) is 11.5 Å². The standard InChI is InChI=1S/C27H28N4O5/c1-18-6-8-20(9-7-18)16-29-24(32)17-31-21-5-4-13-28-25(21)26(33)30(27(31)34)14-12-19-10-11-22(35-2)23(15-19)36-3/h4-11,13,15H,12,14,16-17H2,1-3H3,(H,29,32). The lowest BCUT2D eigenvalue weighted by atomic mass is 10.1. The maximum absolute atomic E-state index is 13.4. The normalized spacial score (nSPS) is 10.9. The molecule has 0 atom stereocenters. The highest BCUT2D eigenvalue weighted by atomic mass is 16.5. The van der Waals surface area contributed by atoms with Crippen LogP contribution in [0.1, 0.15) is 16.7 Å². The number of nitrogens with one attached hydrogen (secondary N) is 1. The number of amides is 1. The summed E-state index contributed by atoms with van der Waals surface area (Å²) in [5.41, 5.74) is 2.34. The molecule has 1 N–H and O–H groups in total. The van der Waals surface area contributed by atoms with Gasteiger partial charge in [-0.05, 0) is 48.7 Å². The molecule has 0 radical (unpaired) electrons. The van der Waals surface area contributed by atoms with Crippen molar-refractivity contribution >= 4 is 16.9 Å². The third-order valence-electron chi connectivity index (χ3n) is 5.97. The van der Waals surface area contributed by atoms with Crippen LogP contribution in [-0.2, 0) is 30.8 Å². The minimum Gasteiger partial charge on any atom is -0.493 e. The Labute approximate surface area is 207 Å². The van der Waals surface area contributed by atoms with E-state index < -0.39 is 11.2 Å². The van der Waals surface area contributed by atoms with Gasteiger partial charge in [0.2, 0.25) is 5.91 Å². The van der Waals surface area contributed by atoms with Gasteiger partial charge in [-0.3, -0.25) is 18.7 Å². The number of hydrogen-bond acceptors (Lipinski definition) is 6. The summed E-state index contributed by atoms with van der Waals surface area (Å²) in [6, 6.07) is 16.5. The highest BCUT2D eigenvalue weighted by Gasteiger charge is 2.16. The van der Waals surface area contributed by atoms with Gasteiger partial charge in [0.1, 0.15) is 6.54 Å². The first-order valence-electron chi connectivity index (χ1n) is 11.5. The summed E-state index contributed by atoms with van der Waals surface area (Å²) in [6.45, 7) is 2.21. The number of carbonyl (C=O) groups is 1. The highest BCUT2D eigenvalue weighted by molar-refractivity contribution is 5.79. The van der Waals surface area contributed by atoms with Crippen LogP contribution >= 0.6 is 0 Å². The van der Waals surface area contributed by atoms with Crippen molar-refractivity contribution in [1.82, 2.24) is 19.4 Å². The Morgan fingerprint density at radius 1 is 0.944 bits per heavy atom.